The number of hydrogen-bond acceptors (Lipinski definition) is 3. The summed E-state index contributed by atoms with van der Waals surface area (Å²) < 4.78 is 6.69. The monoisotopic (exact) mass is 362 g/mol. The Kier molecular flexibility index (Phi) is 5.99. The largest absolute Gasteiger partial charge is 0.413 e. The smallest absolute Gasteiger partial charge is 0.192 e. The van der Waals surface area contributed by atoms with Crippen molar-refractivity contribution in [2.45, 2.75) is 64.0 Å². The second-order valence-corrected chi connectivity index (χ2v) is 13.8. The molecule has 4 heteroatoms. The van der Waals surface area contributed by atoms with E-state index in [1.54, 1.807) is 0 Å². The van der Waals surface area contributed by atoms with Crippen LogP contribution in [-0.4, -0.2) is 36.8 Å². The lowest BCUT2D eigenvalue weighted by atomic mass is 9.89. The summed E-state index contributed by atoms with van der Waals surface area (Å²) >= 11 is 0. The number of aliphatic hydroxyl groups is 2. The minimum absolute atomic E-state index is 0.0713. The van der Waals surface area contributed by atoms with Crippen LogP contribution in [0.5, 0.6) is 0 Å². The molecule has 0 saturated heterocycles. The molecule has 1 aliphatic rings. The minimum Gasteiger partial charge on any atom is -0.413 e. The van der Waals surface area contributed by atoms with E-state index in [0.29, 0.717) is 6.42 Å². The predicted octanol–water partition coefficient (Wildman–Crippen LogP) is 4.47. The fourth-order valence-corrected chi connectivity index (χ4v) is 4.83. The van der Waals surface area contributed by atoms with Crippen LogP contribution in [0.1, 0.15) is 39.7 Å². The topological polar surface area (TPSA) is 49.7 Å². The first-order chi connectivity index (χ1) is 11.5. The van der Waals surface area contributed by atoms with E-state index in [0.717, 1.165) is 5.56 Å². The fourth-order valence-electron chi connectivity index (χ4n) is 3.41. The molecule has 1 aromatic rings. The van der Waals surface area contributed by atoms with Gasteiger partial charge < -0.3 is 14.6 Å². The van der Waals surface area contributed by atoms with Crippen LogP contribution in [0.15, 0.2) is 36.4 Å². The Balaban J connectivity index is 2.31. The highest BCUT2D eigenvalue weighted by atomic mass is 28.4. The summed E-state index contributed by atoms with van der Waals surface area (Å²) in [5.41, 5.74) is -0.0222. The summed E-state index contributed by atoms with van der Waals surface area (Å²) in [4.78, 5) is 0. The molecule has 0 unspecified atom stereocenters. The van der Waals surface area contributed by atoms with Crippen molar-refractivity contribution in [2.75, 3.05) is 6.61 Å². The van der Waals surface area contributed by atoms with Crippen LogP contribution in [0.4, 0.5) is 0 Å². The van der Waals surface area contributed by atoms with Gasteiger partial charge in [0.2, 0.25) is 0 Å². The second-order valence-electron chi connectivity index (χ2n) is 9.08. The first-order valence-electron chi connectivity index (χ1n) is 9.24. The molecule has 4 atom stereocenters. The van der Waals surface area contributed by atoms with Gasteiger partial charge >= 0.3 is 0 Å². The Bertz CT molecular complexity index is 591. The second kappa shape index (κ2) is 7.35. The van der Waals surface area contributed by atoms with Gasteiger partial charge in [-0.05, 0) is 36.0 Å². The van der Waals surface area contributed by atoms with Crippen molar-refractivity contribution in [3.63, 3.8) is 0 Å². The quantitative estimate of drug-likeness (QED) is 0.760. The molecule has 1 saturated carbocycles. The van der Waals surface area contributed by atoms with Crippen molar-refractivity contribution >= 4 is 14.4 Å². The SMILES string of the molecule is C[C@H]1C[C@](O)(CO)[C@@H](/C=C/c2ccccc2)[C@@H]1O[Si](C)(C)C(C)(C)C. The standard InChI is InChI=1S/C21H34O3Si/c1-16-14-21(23,15-22)18(13-12-17-10-8-7-9-11-17)19(16)24-25(5,6)20(2,3)4/h7-13,16,18-19,22-23H,14-15H2,1-6H3/b13-12+/t16-,18-,19+,21-/m0/s1. The lowest BCUT2D eigenvalue weighted by Crippen LogP contribution is -2.48. The number of benzene rings is 1. The molecule has 1 aliphatic carbocycles. The molecular weight excluding hydrogens is 328 g/mol. The van der Waals surface area contributed by atoms with E-state index in [2.05, 4.69) is 40.8 Å². The summed E-state index contributed by atoms with van der Waals surface area (Å²) in [6, 6.07) is 10.1. The van der Waals surface area contributed by atoms with Gasteiger partial charge in [0.05, 0.1) is 18.3 Å². The highest BCUT2D eigenvalue weighted by molar-refractivity contribution is 6.74. The average Bonchev–Trinajstić information content (AvgIpc) is 2.76. The van der Waals surface area contributed by atoms with E-state index in [4.69, 9.17) is 4.43 Å². The summed E-state index contributed by atoms with van der Waals surface area (Å²) in [5.74, 6) is -0.00136. The van der Waals surface area contributed by atoms with Crippen LogP contribution in [0, 0.1) is 11.8 Å². The van der Waals surface area contributed by atoms with Gasteiger partial charge in [-0.25, -0.2) is 0 Å². The molecule has 0 aliphatic heterocycles. The highest BCUT2D eigenvalue weighted by Crippen LogP contribution is 2.47. The molecule has 25 heavy (non-hydrogen) atoms. The Morgan fingerprint density at radius 1 is 1.24 bits per heavy atom. The molecule has 1 fully saturated rings. The van der Waals surface area contributed by atoms with Crippen molar-refractivity contribution in [3.8, 4) is 0 Å². The third kappa shape index (κ3) is 4.43. The molecule has 0 bridgehead atoms. The lowest BCUT2D eigenvalue weighted by Gasteiger charge is -2.41. The molecule has 2 rings (SSSR count). The number of aliphatic hydroxyl groups excluding tert-OH is 1. The molecule has 0 radical (unpaired) electrons. The number of rotatable bonds is 5. The molecule has 0 amide bonds. The molecular formula is C21H34O3Si. The first kappa shape index (κ1) is 20.4. The maximum atomic E-state index is 11.0. The zero-order valence-corrected chi connectivity index (χ0v) is 17.5. The Morgan fingerprint density at radius 3 is 2.36 bits per heavy atom. The Hall–Kier alpha value is -0.943. The van der Waals surface area contributed by atoms with E-state index in [1.165, 1.54) is 0 Å². The zero-order valence-electron chi connectivity index (χ0n) is 16.5. The van der Waals surface area contributed by atoms with Gasteiger partial charge in [-0.1, -0.05) is 70.2 Å². The Labute approximate surface area is 153 Å². The summed E-state index contributed by atoms with van der Waals surface area (Å²) in [6.07, 6.45) is 4.56. The van der Waals surface area contributed by atoms with Gasteiger partial charge in [-0.2, -0.15) is 0 Å². The third-order valence-corrected chi connectivity index (χ3v) is 10.5. The maximum absolute atomic E-state index is 11.0. The zero-order chi connectivity index (χ0) is 18.9. The third-order valence-electron chi connectivity index (χ3n) is 6.02. The van der Waals surface area contributed by atoms with Crippen molar-refractivity contribution < 1.29 is 14.6 Å². The average molecular weight is 363 g/mol. The van der Waals surface area contributed by atoms with E-state index in [9.17, 15) is 10.2 Å². The van der Waals surface area contributed by atoms with Crippen LogP contribution in [0.3, 0.4) is 0 Å². The molecule has 0 spiro atoms. The van der Waals surface area contributed by atoms with Gasteiger partial charge in [-0.3, -0.25) is 0 Å². The van der Waals surface area contributed by atoms with Crippen LogP contribution < -0.4 is 0 Å². The highest BCUT2D eigenvalue weighted by Gasteiger charge is 2.53. The van der Waals surface area contributed by atoms with E-state index in [-0.39, 0.29) is 29.6 Å². The van der Waals surface area contributed by atoms with Gasteiger partial charge in [-0.15, -0.1) is 0 Å². The molecule has 3 nitrogen and oxygen atoms in total. The summed E-state index contributed by atoms with van der Waals surface area (Å²) in [7, 11) is -1.96. The summed E-state index contributed by atoms with van der Waals surface area (Å²) in [5, 5.41) is 21.0. The summed E-state index contributed by atoms with van der Waals surface area (Å²) in [6.45, 7) is 13.1. The van der Waals surface area contributed by atoms with Crippen molar-refractivity contribution in [2.24, 2.45) is 11.8 Å². The number of hydrogen-bond donors (Lipinski definition) is 2. The minimum atomic E-state index is -1.96. The van der Waals surface area contributed by atoms with Crippen molar-refractivity contribution in [1.29, 1.82) is 0 Å². The molecule has 140 valence electrons. The van der Waals surface area contributed by atoms with Crippen molar-refractivity contribution in [1.82, 2.24) is 0 Å². The maximum Gasteiger partial charge on any atom is 0.192 e. The van der Waals surface area contributed by atoms with Crippen LogP contribution in [0.25, 0.3) is 6.08 Å². The van der Waals surface area contributed by atoms with Crippen LogP contribution in [-0.2, 0) is 4.43 Å². The van der Waals surface area contributed by atoms with E-state index >= 15 is 0 Å². The molecule has 2 N–H and O–H groups in total. The van der Waals surface area contributed by atoms with Gasteiger partial charge in [0.15, 0.2) is 8.32 Å². The van der Waals surface area contributed by atoms with Crippen molar-refractivity contribution in [3.05, 3.63) is 42.0 Å². The van der Waals surface area contributed by atoms with E-state index < -0.39 is 13.9 Å². The van der Waals surface area contributed by atoms with Gasteiger partial charge in [0.1, 0.15) is 0 Å². The van der Waals surface area contributed by atoms with E-state index in [1.807, 2.05) is 42.5 Å². The van der Waals surface area contributed by atoms with Crippen LogP contribution in [0.2, 0.25) is 18.1 Å². The molecule has 1 aromatic carbocycles. The Morgan fingerprint density at radius 2 is 1.84 bits per heavy atom. The van der Waals surface area contributed by atoms with Gasteiger partial charge in [0, 0.05) is 5.92 Å². The normalized spacial score (nSPS) is 31.0. The lowest BCUT2D eigenvalue weighted by molar-refractivity contribution is -0.0451. The predicted molar refractivity (Wildman–Crippen MR) is 107 cm³/mol. The first-order valence-corrected chi connectivity index (χ1v) is 12.2. The van der Waals surface area contributed by atoms with Crippen LogP contribution >= 0.6 is 0 Å². The fraction of sp³-hybridized carbons (Fsp3) is 0.619. The molecule has 0 aromatic heterocycles. The molecule has 0 heterocycles. The van der Waals surface area contributed by atoms with Gasteiger partial charge in [0.25, 0.3) is 0 Å².